The topological polar surface area (TPSA) is 135 Å². The molecule has 3 N–H and O–H groups in total. The van der Waals surface area contributed by atoms with E-state index < -0.39 is 17.8 Å². The van der Waals surface area contributed by atoms with Gasteiger partial charge in [0.05, 0.1) is 30.6 Å². The lowest BCUT2D eigenvalue weighted by molar-refractivity contribution is -0.113. The van der Waals surface area contributed by atoms with Gasteiger partial charge in [-0.05, 0) is 49.7 Å². The minimum atomic E-state index is -0.562. The van der Waals surface area contributed by atoms with E-state index in [-0.39, 0.29) is 27.8 Å². The molecule has 2 heterocycles. The average molecular weight is 586 g/mol. The SMILES string of the molecule is CCOC(=O)c1sc(NC(=O)CSc2n[nH]c(-c3cc(Cl)ccc3OC)n2)c(C(=O)Nc2ccccc2)c1C. The van der Waals surface area contributed by atoms with Crippen molar-refractivity contribution in [3.63, 3.8) is 0 Å². The Balaban J connectivity index is 1.50. The molecule has 0 bridgehead atoms. The lowest BCUT2D eigenvalue weighted by atomic mass is 10.1. The molecule has 0 saturated carbocycles. The Morgan fingerprint density at radius 2 is 1.90 bits per heavy atom. The number of esters is 1. The van der Waals surface area contributed by atoms with E-state index in [2.05, 4.69) is 25.8 Å². The maximum absolute atomic E-state index is 13.2. The van der Waals surface area contributed by atoms with Crippen molar-refractivity contribution in [2.45, 2.75) is 19.0 Å². The number of thioether (sulfide) groups is 1. The molecule has 2 aromatic carbocycles. The van der Waals surface area contributed by atoms with E-state index in [0.29, 0.717) is 38.6 Å². The number of thiophene rings is 1. The number of halogens is 1. The van der Waals surface area contributed by atoms with E-state index in [1.54, 1.807) is 56.3 Å². The van der Waals surface area contributed by atoms with Gasteiger partial charge in [-0.25, -0.2) is 9.78 Å². The summed E-state index contributed by atoms with van der Waals surface area (Å²) in [6.45, 7) is 3.52. The number of hydrogen-bond acceptors (Lipinski definition) is 9. The van der Waals surface area contributed by atoms with Crippen molar-refractivity contribution >= 4 is 63.2 Å². The lowest BCUT2D eigenvalue weighted by Crippen LogP contribution is -2.18. The van der Waals surface area contributed by atoms with E-state index in [1.165, 1.54) is 7.11 Å². The van der Waals surface area contributed by atoms with Crippen LogP contribution < -0.4 is 15.4 Å². The van der Waals surface area contributed by atoms with Gasteiger partial charge in [0.2, 0.25) is 11.1 Å². The summed E-state index contributed by atoms with van der Waals surface area (Å²) in [7, 11) is 1.54. The van der Waals surface area contributed by atoms with Crippen molar-refractivity contribution in [2.24, 2.45) is 0 Å². The summed E-state index contributed by atoms with van der Waals surface area (Å²) >= 11 is 8.19. The second-order valence-corrected chi connectivity index (χ2v) is 10.3. The van der Waals surface area contributed by atoms with Crippen LogP contribution in [0, 0.1) is 6.92 Å². The highest BCUT2D eigenvalue weighted by molar-refractivity contribution is 7.99. The molecule has 0 aliphatic carbocycles. The van der Waals surface area contributed by atoms with E-state index >= 15 is 0 Å². The standard InChI is InChI=1S/C26H24ClN5O5S2/c1-4-37-25(35)21-14(2)20(23(34)28-16-8-6-5-7-9-16)24(39-21)29-19(33)13-38-26-30-22(31-32-26)17-12-15(27)10-11-18(17)36-3/h5-12H,4,13H2,1-3H3,(H,28,34)(H,29,33)(H,30,31,32). The smallest absolute Gasteiger partial charge is 0.348 e. The van der Waals surface area contributed by atoms with Gasteiger partial charge in [0.1, 0.15) is 15.6 Å². The number of ether oxygens (including phenoxy) is 2. The number of hydrogen-bond donors (Lipinski definition) is 3. The van der Waals surface area contributed by atoms with E-state index in [1.807, 2.05) is 6.07 Å². The van der Waals surface area contributed by atoms with Gasteiger partial charge in [-0.3, -0.25) is 14.7 Å². The largest absolute Gasteiger partial charge is 0.496 e. The molecule has 0 spiro atoms. The number of benzene rings is 2. The number of amides is 2. The quantitative estimate of drug-likeness (QED) is 0.160. The fourth-order valence-electron chi connectivity index (χ4n) is 3.57. The molecule has 2 amide bonds. The fourth-order valence-corrected chi connectivity index (χ4v) is 5.46. The zero-order valence-corrected chi connectivity index (χ0v) is 23.6. The summed E-state index contributed by atoms with van der Waals surface area (Å²) in [4.78, 5) is 43.2. The summed E-state index contributed by atoms with van der Waals surface area (Å²) < 4.78 is 10.5. The van der Waals surface area contributed by atoms with Gasteiger partial charge in [-0.2, -0.15) is 0 Å². The maximum Gasteiger partial charge on any atom is 0.348 e. The molecule has 0 fully saturated rings. The second-order valence-electron chi connectivity index (χ2n) is 7.95. The Hall–Kier alpha value is -3.87. The summed E-state index contributed by atoms with van der Waals surface area (Å²) in [5.41, 5.74) is 1.82. The van der Waals surface area contributed by atoms with Gasteiger partial charge in [0.15, 0.2) is 5.82 Å². The lowest BCUT2D eigenvalue weighted by Gasteiger charge is -2.08. The van der Waals surface area contributed by atoms with Crippen LogP contribution in [-0.4, -0.2) is 52.4 Å². The minimum Gasteiger partial charge on any atom is -0.496 e. The summed E-state index contributed by atoms with van der Waals surface area (Å²) in [5, 5.41) is 13.6. The van der Waals surface area contributed by atoms with Crippen LogP contribution in [0.15, 0.2) is 53.7 Å². The molecule has 0 atom stereocenters. The van der Waals surface area contributed by atoms with Gasteiger partial charge in [0, 0.05) is 10.7 Å². The number of rotatable bonds is 10. The van der Waals surface area contributed by atoms with Crippen LogP contribution in [0.5, 0.6) is 5.75 Å². The monoisotopic (exact) mass is 585 g/mol. The number of aromatic nitrogens is 3. The molecule has 39 heavy (non-hydrogen) atoms. The summed E-state index contributed by atoms with van der Waals surface area (Å²) in [6, 6.07) is 14.0. The Kier molecular flexibility index (Phi) is 9.23. The molecule has 13 heteroatoms. The molecule has 0 aliphatic rings. The van der Waals surface area contributed by atoms with Crippen molar-refractivity contribution < 1.29 is 23.9 Å². The van der Waals surface area contributed by atoms with Crippen LogP contribution in [0.3, 0.4) is 0 Å². The number of nitrogens with zero attached hydrogens (tertiary/aromatic N) is 2. The molecular formula is C26H24ClN5O5S2. The Morgan fingerprint density at radius 3 is 2.62 bits per heavy atom. The van der Waals surface area contributed by atoms with Crippen LogP contribution in [0.4, 0.5) is 10.7 Å². The van der Waals surface area contributed by atoms with Crippen LogP contribution in [0.25, 0.3) is 11.4 Å². The predicted molar refractivity (Wildman–Crippen MR) is 152 cm³/mol. The van der Waals surface area contributed by atoms with Crippen LogP contribution in [0.1, 0.15) is 32.5 Å². The molecule has 0 saturated heterocycles. The van der Waals surface area contributed by atoms with Gasteiger partial charge in [-0.1, -0.05) is 41.6 Å². The van der Waals surface area contributed by atoms with E-state index in [9.17, 15) is 14.4 Å². The number of aromatic amines is 1. The Bertz CT molecular complexity index is 1510. The second kappa shape index (κ2) is 12.8. The number of anilines is 2. The highest BCUT2D eigenvalue weighted by Crippen LogP contribution is 2.35. The molecule has 202 valence electrons. The normalized spacial score (nSPS) is 10.7. The van der Waals surface area contributed by atoms with Gasteiger partial charge in [-0.15, -0.1) is 16.4 Å². The van der Waals surface area contributed by atoms with E-state index in [4.69, 9.17) is 21.1 Å². The first-order chi connectivity index (χ1) is 18.8. The third-order valence-corrected chi connectivity index (χ3v) is 7.60. The Morgan fingerprint density at radius 1 is 1.13 bits per heavy atom. The molecule has 0 unspecified atom stereocenters. The first kappa shape index (κ1) is 28.1. The van der Waals surface area contributed by atoms with Crippen LogP contribution >= 0.6 is 34.7 Å². The molecule has 10 nitrogen and oxygen atoms in total. The van der Waals surface area contributed by atoms with Gasteiger partial charge in [0.25, 0.3) is 5.91 Å². The molecular weight excluding hydrogens is 562 g/mol. The molecule has 0 aliphatic heterocycles. The number of para-hydroxylation sites is 1. The van der Waals surface area contributed by atoms with Crippen LogP contribution in [-0.2, 0) is 9.53 Å². The highest BCUT2D eigenvalue weighted by atomic mass is 35.5. The maximum atomic E-state index is 13.2. The molecule has 4 rings (SSSR count). The number of methoxy groups -OCH3 is 1. The fraction of sp³-hybridized carbons (Fsp3) is 0.192. The van der Waals surface area contributed by atoms with E-state index in [0.717, 1.165) is 23.1 Å². The highest BCUT2D eigenvalue weighted by Gasteiger charge is 2.27. The van der Waals surface area contributed by atoms with Crippen molar-refractivity contribution in [3.8, 4) is 17.1 Å². The predicted octanol–water partition coefficient (Wildman–Crippen LogP) is 5.66. The van der Waals surface area contributed by atoms with Crippen molar-refractivity contribution in [1.82, 2.24) is 15.2 Å². The third-order valence-electron chi connectivity index (χ3n) is 5.33. The molecule has 4 aromatic rings. The summed E-state index contributed by atoms with van der Waals surface area (Å²) in [6.07, 6.45) is 0. The average Bonchev–Trinajstić information content (AvgIpc) is 3.52. The number of carbonyl (C=O) groups is 3. The third kappa shape index (κ3) is 6.77. The molecule has 0 radical (unpaired) electrons. The molecule has 2 aromatic heterocycles. The van der Waals surface area contributed by atoms with Crippen molar-refractivity contribution in [3.05, 3.63) is 69.6 Å². The van der Waals surface area contributed by atoms with Gasteiger partial charge < -0.3 is 20.1 Å². The zero-order chi connectivity index (χ0) is 27.9. The van der Waals surface area contributed by atoms with Gasteiger partial charge >= 0.3 is 5.97 Å². The van der Waals surface area contributed by atoms with Crippen molar-refractivity contribution in [1.29, 1.82) is 0 Å². The Labute approximate surface area is 237 Å². The number of nitrogens with one attached hydrogen (secondary N) is 3. The summed E-state index contributed by atoms with van der Waals surface area (Å²) in [5.74, 6) is -0.468. The zero-order valence-electron chi connectivity index (χ0n) is 21.2. The first-order valence-electron chi connectivity index (χ1n) is 11.7. The minimum absolute atomic E-state index is 0.0462. The first-order valence-corrected chi connectivity index (χ1v) is 13.8. The number of H-pyrrole nitrogens is 1. The van der Waals surface area contributed by atoms with Crippen LogP contribution in [0.2, 0.25) is 5.02 Å². The number of carbonyl (C=O) groups excluding carboxylic acids is 3. The van der Waals surface area contributed by atoms with Crippen molar-refractivity contribution in [2.75, 3.05) is 30.1 Å².